The van der Waals surface area contributed by atoms with Gasteiger partial charge in [-0.1, -0.05) is 18.2 Å². The summed E-state index contributed by atoms with van der Waals surface area (Å²) in [7, 11) is 1.37. The van der Waals surface area contributed by atoms with Crippen molar-refractivity contribution in [2.24, 2.45) is 0 Å². The largest absolute Gasteiger partial charge is 0.467 e. The third kappa shape index (κ3) is 4.09. The lowest BCUT2D eigenvalue weighted by molar-refractivity contribution is 0.146. The zero-order valence-corrected chi connectivity index (χ0v) is 17.9. The van der Waals surface area contributed by atoms with Crippen molar-refractivity contribution in [3.63, 3.8) is 0 Å². The molecular weight excluding hydrogens is 437 g/mol. The van der Waals surface area contributed by atoms with E-state index < -0.39 is 23.8 Å². The summed E-state index contributed by atoms with van der Waals surface area (Å²) >= 11 is 0. The highest BCUT2D eigenvalue weighted by Gasteiger charge is 2.22. The van der Waals surface area contributed by atoms with Crippen molar-refractivity contribution in [2.45, 2.75) is 26.3 Å². The van der Waals surface area contributed by atoms with Crippen LogP contribution >= 0.6 is 0 Å². The van der Waals surface area contributed by atoms with Crippen LogP contribution in [0.3, 0.4) is 0 Å². The summed E-state index contributed by atoms with van der Waals surface area (Å²) in [6.45, 7) is 3.23. The number of ether oxygens (including phenoxy) is 1. The summed E-state index contributed by atoms with van der Waals surface area (Å²) in [6, 6.07) is 4.70. The monoisotopic (exact) mass is 456 g/mol. The second-order valence-corrected chi connectivity index (χ2v) is 7.27. The predicted molar refractivity (Wildman–Crippen MR) is 115 cm³/mol. The zero-order valence-electron chi connectivity index (χ0n) is 17.9. The van der Waals surface area contributed by atoms with E-state index in [9.17, 15) is 18.0 Å². The number of fused-ring (bicyclic) bond motifs is 1. The van der Waals surface area contributed by atoms with Crippen LogP contribution in [0, 0.1) is 12.7 Å². The second-order valence-electron chi connectivity index (χ2n) is 7.27. The fourth-order valence-corrected chi connectivity index (χ4v) is 3.50. The van der Waals surface area contributed by atoms with E-state index in [1.54, 1.807) is 19.9 Å². The Kier molecular flexibility index (Phi) is 5.95. The predicted octanol–water partition coefficient (Wildman–Crippen LogP) is 4.14. The van der Waals surface area contributed by atoms with Gasteiger partial charge in [-0.2, -0.15) is 20.2 Å². The highest BCUT2D eigenvalue weighted by Crippen LogP contribution is 2.31. The highest BCUT2D eigenvalue weighted by atomic mass is 19.3. The Bertz CT molecular complexity index is 1380. The van der Waals surface area contributed by atoms with Crippen LogP contribution in [0.25, 0.3) is 16.6 Å². The Morgan fingerprint density at radius 2 is 1.88 bits per heavy atom. The number of rotatable bonds is 6. The molecule has 1 aromatic carbocycles. The van der Waals surface area contributed by atoms with Crippen molar-refractivity contribution in [3.8, 4) is 11.7 Å². The number of anilines is 1. The molecule has 0 aliphatic heterocycles. The van der Waals surface area contributed by atoms with E-state index in [2.05, 4.69) is 25.5 Å². The van der Waals surface area contributed by atoms with E-state index in [1.165, 1.54) is 42.4 Å². The Hall–Kier alpha value is -4.02. The van der Waals surface area contributed by atoms with Gasteiger partial charge in [0.1, 0.15) is 11.6 Å². The van der Waals surface area contributed by atoms with Crippen molar-refractivity contribution in [2.75, 3.05) is 12.4 Å². The summed E-state index contributed by atoms with van der Waals surface area (Å²) in [6.07, 6.45) is 1.47. The molecule has 4 rings (SSSR count). The van der Waals surface area contributed by atoms with E-state index in [0.717, 1.165) is 6.07 Å². The third-order valence-corrected chi connectivity index (χ3v) is 5.22. The maximum Gasteiger partial charge on any atom is 0.318 e. The molecule has 3 heterocycles. The number of nitrogens with zero attached hydrogens (tertiary/aromatic N) is 5. The van der Waals surface area contributed by atoms with Gasteiger partial charge in [0.25, 0.3) is 12.0 Å². The number of pyridine rings is 1. The molecule has 11 heteroatoms. The van der Waals surface area contributed by atoms with Crippen LogP contribution in [0.4, 0.5) is 19.0 Å². The first-order valence-electron chi connectivity index (χ1n) is 9.89. The molecule has 0 unspecified atom stereocenters. The van der Waals surface area contributed by atoms with Gasteiger partial charge in [0.2, 0.25) is 0 Å². The number of alkyl halides is 2. The Balaban J connectivity index is 1.87. The van der Waals surface area contributed by atoms with Gasteiger partial charge in [-0.25, -0.2) is 13.2 Å². The molecule has 4 aromatic rings. The third-order valence-electron chi connectivity index (χ3n) is 5.22. The fourth-order valence-electron chi connectivity index (χ4n) is 3.50. The SMILES string of the molecule is COc1nc(N[C@H](C)c2cccc(C(F)F)c2F)c2cn(-c3ccnnc3)c(=O)c(C)c2n1. The molecule has 0 aliphatic carbocycles. The lowest BCUT2D eigenvalue weighted by atomic mass is 10.0. The first-order chi connectivity index (χ1) is 15.8. The quantitative estimate of drug-likeness (QED) is 0.466. The first-order valence-corrected chi connectivity index (χ1v) is 9.89. The Morgan fingerprint density at radius 3 is 2.55 bits per heavy atom. The number of methoxy groups -OCH3 is 1. The first kappa shape index (κ1) is 22.2. The molecule has 0 fully saturated rings. The number of hydrogen-bond acceptors (Lipinski definition) is 7. The average Bonchev–Trinajstić information content (AvgIpc) is 2.81. The molecule has 0 bridgehead atoms. The van der Waals surface area contributed by atoms with Gasteiger partial charge < -0.3 is 10.1 Å². The molecule has 0 spiro atoms. The van der Waals surface area contributed by atoms with Crippen LogP contribution in [-0.2, 0) is 0 Å². The van der Waals surface area contributed by atoms with Crippen molar-refractivity contribution >= 4 is 16.7 Å². The van der Waals surface area contributed by atoms with Gasteiger partial charge in [0.15, 0.2) is 0 Å². The van der Waals surface area contributed by atoms with Gasteiger partial charge >= 0.3 is 6.01 Å². The molecule has 3 aromatic heterocycles. The van der Waals surface area contributed by atoms with E-state index >= 15 is 0 Å². The van der Waals surface area contributed by atoms with Gasteiger partial charge in [-0.05, 0) is 19.9 Å². The van der Waals surface area contributed by atoms with Crippen molar-refractivity contribution in [3.05, 3.63) is 75.7 Å². The van der Waals surface area contributed by atoms with Crippen LogP contribution in [0.2, 0.25) is 0 Å². The lowest BCUT2D eigenvalue weighted by Gasteiger charge is -2.19. The summed E-state index contributed by atoms with van der Waals surface area (Å²) < 4.78 is 47.6. The number of benzene rings is 1. The maximum atomic E-state index is 14.7. The number of aromatic nitrogens is 5. The molecule has 0 saturated carbocycles. The lowest BCUT2D eigenvalue weighted by Crippen LogP contribution is -2.22. The molecule has 8 nitrogen and oxygen atoms in total. The minimum Gasteiger partial charge on any atom is -0.467 e. The number of halogens is 3. The van der Waals surface area contributed by atoms with Crippen molar-refractivity contribution in [1.82, 2.24) is 24.7 Å². The maximum absolute atomic E-state index is 14.7. The smallest absolute Gasteiger partial charge is 0.318 e. The van der Waals surface area contributed by atoms with Crippen LogP contribution in [0.15, 0.2) is 47.7 Å². The molecule has 0 radical (unpaired) electrons. The summed E-state index contributed by atoms with van der Waals surface area (Å²) in [5, 5.41) is 11.0. The standard InChI is InChI=1S/C22H19F3N6O2/c1-11-18-16(10-31(21(11)32)13-7-8-26-27-9-13)20(30-22(29-18)33-3)28-12(2)14-5-4-6-15(17(14)23)19(24)25/h4-10,12,19H,1-3H3,(H,28,29,30)/t12-/m1/s1. The van der Waals surface area contributed by atoms with Crippen LogP contribution in [-0.4, -0.2) is 31.8 Å². The molecule has 0 amide bonds. The van der Waals surface area contributed by atoms with E-state index in [-0.39, 0.29) is 23.0 Å². The average molecular weight is 456 g/mol. The molecule has 0 saturated heterocycles. The fraction of sp³-hybridized carbons (Fsp3) is 0.227. The Morgan fingerprint density at radius 1 is 1.12 bits per heavy atom. The molecule has 1 atom stereocenters. The Labute approximate surface area is 186 Å². The van der Waals surface area contributed by atoms with Crippen molar-refractivity contribution in [1.29, 1.82) is 0 Å². The molecule has 0 aliphatic rings. The topological polar surface area (TPSA) is 94.8 Å². The summed E-state index contributed by atoms with van der Waals surface area (Å²) in [4.78, 5) is 21.6. The number of hydrogen-bond donors (Lipinski definition) is 1. The van der Waals surface area contributed by atoms with Crippen LogP contribution in [0.5, 0.6) is 6.01 Å². The molecule has 1 N–H and O–H groups in total. The minimum absolute atomic E-state index is 0.00942. The van der Waals surface area contributed by atoms with E-state index in [4.69, 9.17) is 4.74 Å². The minimum atomic E-state index is -2.94. The van der Waals surface area contributed by atoms with Crippen LogP contribution < -0.4 is 15.6 Å². The van der Waals surface area contributed by atoms with Gasteiger partial charge in [0.05, 0.1) is 47.7 Å². The summed E-state index contributed by atoms with van der Waals surface area (Å²) in [5.41, 5.74) is 0.174. The van der Waals surface area contributed by atoms with Gasteiger partial charge in [-0.15, -0.1) is 0 Å². The van der Waals surface area contributed by atoms with Gasteiger partial charge in [0, 0.05) is 17.3 Å². The number of aryl methyl sites for hydroxylation is 1. The van der Waals surface area contributed by atoms with Crippen LogP contribution in [0.1, 0.15) is 36.1 Å². The highest BCUT2D eigenvalue weighted by molar-refractivity contribution is 5.91. The molecule has 33 heavy (non-hydrogen) atoms. The molecule has 170 valence electrons. The zero-order chi connectivity index (χ0) is 23.7. The van der Waals surface area contributed by atoms with Crippen molar-refractivity contribution < 1.29 is 17.9 Å². The number of nitrogens with one attached hydrogen (secondary N) is 1. The molecular formula is C22H19F3N6O2. The van der Waals surface area contributed by atoms with E-state index in [0.29, 0.717) is 22.2 Å². The van der Waals surface area contributed by atoms with Gasteiger partial charge in [-0.3, -0.25) is 9.36 Å². The second kappa shape index (κ2) is 8.85. The summed E-state index contributed by atoms with van der Waals surface area (Å²) in [5.74, 6) is -0.751. The normalized spacial score (nSPS) is 12.2. The van der Waals surface area contributed by atoms with E-state index in [1.807, 2.05) is 0 Å².